The molecule has 0 unspecified atom stereocenters. The fourth-order valence-electron chi connectivity index (χ4n) is 5.30. The Morgan fingerprint density at radius 3 is 1.19 bits per heavy atom. The minimum atomic E-state index is -2.82. The molecule has 0 spiro atoms. The van der Waals surface area contributed by atoms with Gasteiger partial charge in [0.25, 0.3) is 0 Å². The van der Waals surface area contributed by atoms with Gasteiger partial charge in [-0.15, -0.1) is 0 Å². The van der Waals surface area contributed by atoms with Crippen molar-refractivity contribution < 1.29 is 3.45 Å². The molecule has 37 heavy (non-hydrogen) atoms. The normalized spacial score (nSPS) is 14.0. The number of hydrogen-bond donors (Lipinski definition) is 0. The molecular weight excluding hydrogens is 529 g/mol. The molecule has 0 bridgehead atoms. The van der Waals surface area contributed by atoms with Gasteiger partial charge in [-0.05, 0) is 0 Å². The maximum atomic E-state index is 7.92. The summed E-state index contributed by atoms with van der Waals surface area (Å²) in [6.45, 7) is 11.3. The predicted octanol–water partition coefficient (Wildman–Crippen LogP) is 5.29. The van der Waals surface area contributed by atoms with Crippen molar-refractivity contribution in [2.45, 2.75) is 27.7 Å². The quantitative estimate of drug-likeness (QED) is 0.202. The van der Waals surface area contributed by atoms with Crippen LogP contribution in [0.5, 0.6) is 0 Å². The monoisotopic (exact) mass is 567 g/mol. The number of anilines is 2. The van der Waals surface area contributed by atoms with E-state index in [2.05, 4.69) is 151 Å². The number of para-hydroxylation sites is 2. The van der Waals surface area contributed by atoms with Crippen LogP contribution < -0.4 is 23.3 Å². The molecule has 0 saturated heterocycles. The van der Waals surface area contributed by atoms with Crippen LogP contribution in [0.25, 0.3) is 0 Å². The summed E-state index contributed by atoms with van der Waals surface area (Å²) < 4.78 is 13.3. The van der Waals surface area contributed by atoms with Crippen LogP contribution in [0.3, 0.4) is 0 Å². The predicted molar refractivity (Wildman–Crippen MR) is 162 cm³/mol. The van der Waals surface area contributed by atoms with Crippen molar-refractivity contribution in [1.29, 1.82) is 0 Å². The molecule has 5 heteroatoms. The average Bonchev–Trinajstić information content (AvgIpc) is 3.19. The fourth-order valence-corrected chi connectivity index (χ4v) is 18.9. The Morgan fingerprint density at radius 1 is 0.541 bits per heavy atom. The first kappa shape index (κ1) is 25.8. The van der Waals surface area contributed by atoms with Gasteiger partial charge in [0.1, 0.15) is 0 Å². The van der Waals surface area contributed by atoms with Crippen molar-refractivity contribution in [2.75, 3.05) is 20.8 Å². The van der Waals surface area contributed by atoms with Crippen molar-refractivity contribution in [3.8, 4) is 0 Å². The third-order valence-electron chi connectivity index (χ3n) is 6.81. The van der Waals surface area contributed by atoms with Gasteiger partial charge >= 0.3 is 229 Å². The summed E-state index contributed by atoms with van der Waals surface area (Å²) in [5, 5.41) is 3.91. The summed E-state index contributed by atoms with van der Waals surface area (Å²) >= 11 is -2.50. The molecule has 0 aliphatic carbocycles. The van der Waals surface area contributed by atoms with Gasteiger partial charge in [0.05, 0.1) is 0 Å². The number of benzene rings is 4. The number of rotatable bonds is 9. The summed E-state index contributed by atoms with van der Waals surface area (Å²) in [4.78, 5) is 0. The van der Waals surface area contributed by atoms with Gasteiger partial charge in [-0.3, -0.25) is 0 Å². The van der Waals surface area contributed by atoms with E-state index in [0.29, 0.717) is 11.8 Å². The third-order valence-corrected chi connectivity index (χ3v) is 17.5. The second-order valence-electron chi connectivity index (χ2n) is 10.7. The Labute approximate surface area is 228 Å². The summed E-state index contributed by atoms with van der Waals surface area (Å²) in [6, 6.07) is 42.0. The van der Waals surface area contributed by atoms with Crippen molar-refractivity contribution in [3.63, 3.8) is 0 Å². The molecule has 4 aromatic rings. The van der Waals surface area contributed by atoms with E-state index < -0.39 is 23.4 Å². The van der Waals surface area contributed by atoms with Crippen molar-refractivity contribution in [3.05, 3.63) is 115 Å². The Bertz CT molecular complexity index is 1150. The Morgan fingerprint density at radius 2 is 0.865 bits per heavy atom. The van der Waals surface area contributed by atoms with Crippen LogP contribution in [0.4, 0.5) is 11.4 Å². The number of fused-ring (bicyclic) bond motifs is 1. The summed E-state index contributed by atoms with van der Waals surface area (Å²) in [5.74, 6) is 1.08. The zero-order valence-electron chi connectivity index (χ0n) is 22.3. The minimum absolute atomic E-state index is 0.541. The van der Waals surface area contributed by atoms with Gasteiger partial charge in [-0.1, -0.05) is 0 Å². The van der Waals surface area contributed by atoms with Crippen molar-refractivity contribution in [1.82, 2.24) is 0 Å². The molecule has 0 aromatic heterocycles. The molecule has 1 heterocycles. The van der Waals surface area contributed by atoms with E-state index in [1.165, 1.54) is 26.9 Å². The van der Waals surface area contributed by atoms with Crippen LogP contribution in [0.15, 0.2) is 115 Å². The maximum absolute atomic E-state index is 7.92. The van der Waals surface area contributed by atoms with E-state index in [9.17, 15) is 0 Å². The van der Waals surface area contributed by atoms with E-state index in [1.807, 2.05) is 0 Å². The molecule has 1 aliphatic heterocycles. The Balaban J connectivity index is 1.74. The van der Waals surface area contributed by atoms with Gasteiger partial charge < -0.3 is 0 Å². The third kappa shape index (κ3) is 5.15. The van der Waals surface area contributed by atoms with Crippen LogP contribution >= 0.6 is 0 Å². The van der Waals surface area contributed by atoms with Crippen LogP contribution in [0, 0.1) is 11.8 Å². The first-order chi connectivity index (χ1) is 18.0. The van der Waals surface area contributed by atoms with Crippen LogP contribution in [0.2, 0.25) is 0 Å². The Hall–Kier alpha value is -2.80. The second-order valence-corrected chi connectivity index (χ2v) is 18.7. The standard InChI is InChI=1S/C32H37GeN2OSi/c1-26(2)24-34-31-22-14-15-23-32(31)35(25-27(3)4)33(34)36-37(28-16-8-5-9-17-28,29-18-10-6-11-19-29)30-20-12-7-13-21-30/h5-23,26-27H,24-25H2,1-4H3. The molecule has 1 aliphatic rings. The van der Waals surface area contributed by atoms with E-state index >= 15 is 0 Å². The topological polar surface area (TPSA) is 15.7 Å². The molecule has 0 fully saturated rings. The van der Waals surface area contributed by atoms with Crippen LogP contribution in [-0.2, 0) is 3.45 Å². The van der Waals surface area contributed by atoms with E-state index in [-0.39, 0.29) is 0 Å². The summed E-state index contributed by atoms with van der Waals surface area (Å²) in [7, 11) is -2.82. The van der Waals surface area contributed by atoms with Gasteiger partial charge in [0.2, 0.25) is 0 Å². The van der Waals surface area contributed by atoms with Gasteiger partial charge in [-0.25, -0.2) is 0 Å². The zero-order valence-corrected chi connectivity index (χ0v) is 25.4. The van der Waals surface area contributed by atoms with Crippen LogP contribution in [0.1, 0.15) is 27.7 Å². The van der Waals surface area contributed by atoms with Crippen molar-refractivity contribution in [2.24, 2.45) is 11.8 Å². The van der Waals surface area contributed by atoms with Gasteiger partial charge in [0, 0.05) is 0 Å². The zero-order chi connectivity index (χ0) is 25.8. The van der Waals surface area contributed by atoms with Crippen molar-refractivity contribution >= 4 is 50.4 Å². The fraction of sp³-hybridized carbons (Fsp3) is 0.250. The average molecular weight is 566 g/mol. The Kier molecular flexibility index (Phi) is 7.89. The first-order valence-electron chi connectivity index (χ1n) is 13.4. The molecule has 1 radical (unpaired) electrons. The molecule has 4 aromatic carbocycles. The number of hydrogen-bond acceptors (Lipinski definition) is 3. The SMILES string of the molecule is CC(C)C[N]1c2ccccc2[N](CC(C)C)[Ge]1[O][Si](c1ccccc1)(c1ccccc1)c1ccccc1. The molecule has 5 rings (SSSR count). The summed E-state index contributed by atoms with van der Waals surface area (Å²) in [5.41, 5.74) is 2.67. The number of nitrogens with zero attached hydrogens (tertiary/aromatic N) is 2. The van der Waals surface area contributed by atoms with Crippen LogP contribution in [-0.4, -0.2) is 36.5 Å². The summed E-state index contributed by atoms with van der Waals surface area (Å²) in [6.07, 6.45) is 0. The molecule has 0 amide bonds. The van der Waals surface area contributed by atoms with Gasteiger partial charge in [0.15, 0.2) is 0 Å². The van der Waals surface area contributed by atoms with E-state index in [1.54, 1.807) is 0 Å². The molecule has 0 N–H and O–H groups in total. The molecule has 3 nitrogen and oxygen atoms in total. The molecular formula is C32H37GeN2OSi. The molecule has 0 atom stereocenters. The molecule has 189 valence electrons. The molecule has 0 saturated carbocycles. The second kappa shape index (κ2) is 11.3. The van der Waals surface area contributed by atoms with Gasteiger partial charge in [-0.2, -0.15) is 0 Å². The van der Waals surface area contributed by atoms with E-state index in [4.69, 9.17) is 3.45 Å². The van der Waals surface area contributed by atoms with E-state index in [0.717, 1.165) is 13.1 Å². The first-order valence-corrected chi connectivity index (χ1v) is 18.0.